The van der Waals surface area contributed by atoms with Crippen molar-refractivity contribution in [2.75, 3.05) is 19.8 Å². The van der Waals surface area contributed by atoms with Gasteiger partial charge >= 0.3 is 0 Å². The van der Waals surface area contributed by atoms with Gasteiger partial charge in [0.05, 0.1) is 11.3 Å². The van der Waals surface area contributed by atoms with Crippen LogP contribution in [0.3, 0.4) is 0 Å². The summed E-state index contributed by atoms with van der Waals surface area (Å²) in [4.78, 5) is 13.6. The monoisotopic (exact) mass is 290 g/mol. The van der Waals surface area contributed by atoms with Crippen LogP contribution < -0.4 is 5.32 Å². The number of rotatable bonds is 5. The summed E-state index contributed by atoms with van der Waals surface area (Å²) in [6.45, 7) is 4.46. The highest BCUT2D eigenvalue weighted by Crippen LogP contribution is 2.24. The maximum absolute atomic E-state index is 12.0. The second-order valence-electron chi connectivity index (χ2n) is 5.56. The largest absolute Gasteiger partial charge is 0.345 e. The van der Waals surface area contributed by atoms with Gasteiger partial charge < -0.3 is 10.2 Å². The van der Waals surface area contributed by atoms with Crippen LogP contribution in [-0.4, -0.2) is 56.4 Å². The number of amides is 1. The Balaban J connectivity index is 2.55. The van der Waals surface area contributed by atoms with Crippen molar-refractivity contribution in [3.8, 4) is 0 Å². The van der Waals surface area contributed by atoms with E-state index in [0.29, 0.717) is 13.0 Å². The Morgan fingerprint density at radius 1 is 1.42 bits per heavy atom. The van der Waals surface area contributed by atoms with Crippen molar-refractivity contribution < 1.29 is 13.2 Å². The molecule has 0 aromatic carbocycles. The van der Waals surface area contributed by atoms with E-state index in [1.807, 2.05) is 13.8 Å². The third-order valence-corrected chi connectivity index (χ3v) is 5.58. The van der Waals surface area contributed by atoms with E-state index in [-0.39, 0.29) is 23.2 Å². The van der Waals surface area contributed by atoms with Gasteiger partial charge in [-0.1, -0.05) is 6.42 Å². The van der Waals surface area contributed by atoms with Crippen LogP contribution in [0.25, 0.3) is 0 Å². The minimum atomic E-state index is -2.97. The summed E-state index contributed by atoms with van der Waals surface area (Å²) < 4.78 is 23.2. The topological polar surface area (TPSA) is 66.5 Å². The lowest BCUT2D eigenvalue weighted by Crippen LogP contribution is -2.49. The molecular weight excluding hydrogens is 264 g/mol. The highest BCUT2D eigenvalue weighted by molar-refractivity contribution is 7.91. The lowest BCUT2D eigenvalue weighted by molar-refractivity contribution is -0.131. The first-order chi connectivity index (χ1) is 8.75. The lowest BCUT2D eigenvalue weighted by atomic mass is 9.94. The Morgan fingerprint density at radius 2 is 2.05 bits per heavy atom. The molecule has 0 aliphatic heterocycles. The van der Waals surface area contributed by atoms with E-state index in [2.05, 4.69) is 5.32 Å². The van der Waals surface area contributed by atoms with Gasteiger partial charge in [-0.05, 0) is 33.1 Å². The maximum atomic E-state index is 12.0. The third-order valence-electron chi connectivity index (χ3n) is 3.94. The van der Waals surface area contributed by atoms with Crippen molar-refractivity contribution in [2.24, 2.45) is 0 Å². The summed E-state index contributed by atoms with van der Waals surface area (Å²) in [6.07, 6.45) is 4.51. The maximum Gasteiger partial charge on any atom is 0.239 e. The Hall–Kier alpha value is -0.620. The van der Waals surface area contributed by atoms with Crippen molar-refractivity contribution in [3.05, 3.63) is 0 Å². The van der Waals surface area contributed by atoms with Gasteiger partial charge in [-0.15, -0.1) is 0 Å². The number of carbonyl (C=O) groups is 1. The second-order valence-corrected chi connectivity index (χ2v) is 7.88. The van der Waals surface area contributed by atoms with Gasteiger partial charge in [0.2, 0.25) is 5.91 Å². The van der Waals surface area contributed by atoms with Gasteiger partial charge in [-0.25, -0.2) is 8.42 Å². The van der Waals surface area contributed by atoms with Gasteiger partial charge in [0.1, 0.15) is 9.84 Å². The molecule has 0 saturated heterocycles. The van der Waals surface area contributed by atoms with Crippen LogP contribution >= 0.6 is 0 Å². The third kappa shape index (κ3) is 4.76. The molecule has 1 aliphatic carbocycles. The van der Waals surface area contributed by atoms with Crippen LogP contribution in [0.1, 0.15) is 39.5 Å². The van der Waals surface area contributed by atoms with E-state index in [9.17, 15) is 13.2 Å². The van der Waals surface area contributed by atoms with Crippen LogP contribution in [-0.2, 0) is 14.6 Å². The van der Waals surface area contributed by atoms with Gasteiger partial charge in [-0.3, -0.25) is 4.79 Å². The molecule has 5 nitrogen and oxygen atoms in total. The first-order valence-corrected chi connectivity index (χ1v) is 8.91. The molecule has 1 rings (SSSR count). The van der Waals surface area contributed by atoms with Crippen LogP contribution in [0.15, 0.2) is 0 Å². The highest BCUT2D eigenvalue weighted by Gasteiger charge is 2.30. The summed E-state index contributed by atoms with van der Waals surface area (Å²) in [5.41, 5.74) is 0. The Bertz CT molecular complexity index is 408. The predicted octanol–water partition coefficient (Wildman–Crippen LogP) is 0.799. The van der Waals surface area contributed by atoms with Gasteiger partial charge in [0, 0.05) is 25.9 Å². The van der Waals surface area contributed by atoms with Gasteiger partial charge in [0.15, 0.2) is 0 Å². The minimum Gasteiger partial charge on any atom is -0.345 e. The van der Waals surface area contributed by atoms with Crippen molar-refractivity contribution in [3.63, 3.8) is 0 Å². The molecule has 1 N–H and O–H groups in total. The molecule has 1 saturated carbocycles. The molecule has 0 radical (unpaired) electrons. The number of carbonyl (C=O) groups excluding carboxylic acids is 1. The molecule has 1 aliphatic rings. The molecule has 0 bridgehead atoms. The van der Waals surface area contributed by atoms with Crippen molar-refractivity contribution in [2.45, 2.75) is 56.9 Å². The van der Waals surface area contributed by atoms with Gasteiger partial charge in [0.25, 0.3) is 0 Å². The number of likely N-dealkylation sites (N-methyl/N-ethyl adjacent to an activating group) is 1. The number of hydrogen-bond acceptors (Lipinski definition) is 4. The standard InChI is InChI=1S/C13H26N2O3S/c1-5-15(3)13(16)10(2)14-11-7-6-8-12(9-11)19(4,17)18/h10-12,14H,5-9H2,1-4H3. The van der Waals surface area contributed by atoms with Crippen molar-refractivity contribution >= 4 is 15.7 Å². The highest BCUT2D eigenvalue weighted by atomic mass is 32.2. The molecule has 3 unspecified atom stereocenters. The zero-order chi connectivity index (χ0) is 14.6. The zero-order valence-corrected chi connectivity index (χ0v) is 13.2. The molecule has 1 amide bonds. The quantitative estimate of drug-likeness (QED) is 0.813. The average Bonchev–Trinajstić information content (AvgIpc) is 2.36. The fraction of sp³-hybridized carbons (Fsp3) is 0.923. The number of nitrogens with one attached hydrogen (secondary N) is 1. The van der Waals surface area contributed by atoms with Crippen LogP contribution in [0.4, 0.5) is 0 Å². The molecule has 112 valence electrons. The fourth-order valence-electron chi connectivity index (χ4n) is 2.60. The van der Waals surface area contributed by atoms with E-state index in [4.69, 9.17) is 0 Å². The lowest BCUT2D eigenvalue weighted by Gasteiger charge is -2.31. The molecule has 19 heavy (non-hydrogen) atoms. The predicted molar refractivity (Wildman–Crippen MR) is 76.8 cm³/mol. The normalized spacial score (nSPS) is 25.9. The molecule has 6 heteroatoms. The van der Waals surface area contributed by atoms with E-state index in [0.717, 1.165) is 19.3 Å². The van der Waals surface area contributed by atoms with Crippen LogP contribution in [0.5, 0.6) is 0 Å². The van der Waals surface area contributed by atoms with Gasteiger partial charge in [-0.2, -0.15) is 0 Å². The van der Waals surface area contributed by atoms with Crippen molar-refractivity contribution in [1.82, 2.24) is 10.2 Å². The molecule has 1 fully saturated rings. The zero-order valence-electron chi connectivity index (χ0n) is 12.3. The smallest absolute Gasteiger partial charge is 0.239 e. The Labute approximate surface area is 116 Å². The molecule has 0 spiro atoms. The van der Waals surface area contributed by atoms with E-state index >= 15 is 0 Å². The van der Waals surface area contributed by atoms with Crippen LogP contribution in [0.2, 0.25) is 0 Å². The molecule has 0 aromatic rings. The molecule has 0 aromatic heterocycles. The summed E-state index contributed by atoms with van der Waals surface area (Å²) in [7, 11) is -1.19. The summed E-state index contributed by atoms with van der Waals surface area (Å²) >= 11 is 0. The summed E-state index contributed by atoms with van der Waals surface area (Å²) in [6, 6.07) is -0.133. The molecule has 3 atom stereocenters. The van der Waals surface area contributed by atoms with E-state index in [1.165, 1.54) is 6.26 Å². The average molecular weight is 290 g/mol. The SMILES string of the molecule is CCN(C)C(=O)C(C)NC1CCCC(S(C)(=O)=O)C1. The first-order valence-electron chi connectivity index (χ1n) is 6.95. The Morgan fingerprint density at radius 3 is 2.58 bits per heavy atom. The number of nitrogens with zero attached hydrogens (tertiary/aromatic N) is 1. The Kier molecular flexibility index (Phi) is 5.80. The van der Waals surface area contributed by atoms with E-state index in [1.54, 1.807) is 11.9 Å². The molecule has 0 heterocycles. The van der Waals surface area contributed by atoms with Crippen LogP contribution in [0, 0.1) is 0 Å². The number of sulfone groups is 1. The van der Waals surface area contributed by atoms with Crippen molar-refractivity contribution in [1.29, 1.82) is 0 Å². The van der Waals surface area contributed by atoms with E-state index < -0.39 is 9.84 Å². The first kappa shape index (κ1) is 16.4. The summed E-state index contributed by atoms with van der Waals surface area (Å²) in [5.74, 6) is 0.0592. The molecular formula is C13H26N2O3S. The number of hydrogen-bond donors (Lipinski definition) is 1. The minimum absolute atomic E-state index is 0.0592. The summed E-state index contributed by atoms with van der Waals surface area (Å²) in [5, 5.41) is 3.02. The second kappa shape index (κ2) is 6.70. The fourth-order valence-corrected chi connectivity index (χ4v) is 3.77.